The van der Waals surface area contributed by atoms with Crippen molar-refractivity contribution in [3.05, 3.63) is 64.1 Å². The Balaban J connectivity index is 2.01. The molecule has 0 spiro atoms. The number of hydrogen-bond donors (Lipinski definition) is 0. The van der Waals surface area contributed by atoms with Crippen molar-refractivity contribution in [3.63, 3.8) is 0 Å². The summed E-state index contributed by atoms with van der Waals surface area (Å²) in [5.74, 6) is 1.51. The smallest absolute Gasteiger partial charge is 0.118 e. The Labute approximate surface area is 137 Å². The fraction of sp³-hybridized carbons (Fsp3) is 0.294. The van der Waals surface area contributed by atoms with E-state index in [0.29, 0.717) is 5.92 Å². The van der Waals surface area contributed by atoms with Crippen molar-refractivity contribution >= 4 is 31.9 Å². The van der Waals surface area contributed by atoms with Gasteiger partial charge < -0.3 is 4.74 Å². The van der Waals surface area contributed by atoms with E-state index in [2.05, 4.69) is 68.3 Å². The van der Waals surface area contributed by atoms with Gasteiger partial charge in [0.15, 0.2) is 0 Å². The number of halogens is 2. The van der Waals surface area contributed by atoms with Crippen LogP contribution in [0, 0.1) is 5.92 Å². The number of ether oxygens (including phenoxy) is 1. The highest BCUT2D eigenvalue weighted by Gasteiger charge is 2.10. The first-order valence-corrected chi connectivity index (χ1v) is 8.56. The third kappa shape index (κ3) is 4.64. The molecule has 0 radical (unpaired) electrons. The second-order valence-electron chi connectivity index (χ2n) is 4.91. The normalized spacial score (nSPS) is 12.2. The van der Waals surface area contributed by atoms with Gasteiger partial charge in [-0.05, 0) is 54.2 Å². The zero-order valence-electron chi connectivity index (χ0n) is 11.5. The first kappa shape index (κ1) is 15.6. The molecular formula is C17H18Br2O. The number of rotatable bonds is 6. The molecule has 0 aliphatic rings. The number of methoxy groups -OCH3 is 1. The fourth-order valence-corrected chi connectivity index (χ4v) is 3.18. The van der Waals surface area contributed by atoms with Crippen molar-refractivity contribution in [1.82, 2.24) is 0 Å². The van der Waals surface area contributed by atoms with Gasteiger partial charge in [-0.25, -0.2) is 0 Å². The summed E-state index contributed by atoms with van der Waals surface area (Å²) in [7, 11) is 1.70. The Morgan fingerprint density at radius 2 is 1.70 bits per heavy atom. The molecule has 1 atom stereocenters. The average Bonchev–Trinajstić information content (AvgIpc) is 2.47. The van der Waals surface area contributed by atoms with Crippen LogP contribution in [0.1, 0.15) is 11.1 Å². The van der Waals surface area contributed by atoms with Crippen molar-refractivity contribution < 1.29 is 4.74 Å². The van der Waals surface area contributed by atoms with Crippen molar-refractivity contribution in [2.75, 3.05) is 12.4 Å². The zero-order chi connectivity index (χ0) is 14.4. The molecule has 0 fully saturated rings. The van der Waals surface area contributed by atoms with Crippen molar-refractivity contribution in [2.24, 2.45) is 5.92 Å². The Hall–Kier alpha value is -0.800. The lowest BCUT2D eigenvalue weighted by Gasteiger charge is -2.15. The Kier molecular flexibility index (Phi) is 6.11. The van der Waals surface area contributed by atoms with E-state index >= 15 is 0 Å². The molecule has 2 rings (SSSR count). The summed E-state index contributed by atoms with van der Waals surface area (Å²) in [5.41, 5.74) is 2.72. The summed E-state index contributed by atoms with van der Waals surface area (Å²) in [6.45, 7) is 0. The molecule has 2 aromatic carbocycles. The third-order valence-corrected chi connectivity index (χ3v) is 4.72. The second-order valence-corrected chi connectivity index (χ2v) is 6.47. The van der Waals surface area contributed by atoms with Crippen LogP contribution < -0.4 is 4.74 Å². The predicted molar refractivity (Wildman–Crippen MR) is 91.8 cm³/mol. The lowest BCUT2D eigenvalue weighted by Crippen LogP contribution is -2.10. The van der Waals surface area contributed by atoms with Gasteiger partial charge in [0.05, 0.1) is 7.11 Å². The third-order valence-electron chi connectivity index (χ3n) is 3.32. The van der Waals surface area contributed by atoms with E-state index < -0.39 is 0 Å². The highest BCUT2D eigenvalue weighted by Crippen LogP contribution is 2.21. The molecule has 0 aliphatic heterocycles. The molecular weight excluding hydrogens is 380 g/mol. The summed E-state index contributed by atoms with van der Waals surface area (Å²) >= 11 is 7.17. The molecule has 0 saturated heterocycles. The lowest BCUT2D eigenvalue weighted by atomic mass is 9.94. The monoisotopic (exact) mass is 396 g/mol. The minimum atomic E-state index is 0.595. The largest absolute Gasteiger partial charge is 0.497 e. The lowest BCUT2D eigenvalue weighted by molar-refractivity contribution is 0.414. The minimum absolute atomic E-state index is 0.595. The molecule has 2 aromatic rings. The van der Waals surface area contributed by atoms with Gasteiger partial charge in [0.25, 0.3) is 0 Å². The Morgan fingerprint density at radius 1 is 1.00 bits per heavy atom. The van der Waals surface area contributed by atoms with E-state index in [9.17, 15) is 0 Å². The summed E-state index contributed by atoms with van der Waals surface area (Å²) in [5, 5.41) is 1.01. The summed E-state index contributed by atoms with van der Waals surface area (Å²) < 4.78 is 6.34. The maximum Gasteiger partial charge on any atom is 0.118 e. The molecule has 0 N–H and O–H groups in total. The molecule has 0 heterocycles. The van der Waals surface area contributed by atoms with Crippen molar-refractivity contribution in [3.8, 4) is 5.75 Å². The molecule has 3 heteroatoms. The van der Waals surface area contributed by atoms with Gasteiger partial charge in [-0.3, -0.25) is 0 Å². The SMILES string of the molecule is COc1ccc(CC(CBr)Cc2cccc(Br)c2)cc1. The van der Waals surface area contributed by atoms with Crippen LogP contribution >= 0.6 is 31.9 Å². The quantitative estimate of drug-likeness (QED) is 0.604. The van der Waals surface area contributed by atoms with Crippen LogP contribution in [-0.4, -0.2) is 12.4 Å². The average molecular weight is 398 g/mol. The van der Waals surface area contributed by atoms with Crippen LogP contribution in [0.4, 0.5) is 0 Å². The first-order valence-electron chi connectivity index (χ1n) is 6.64. The van der Waals surface area contributed by atoms with E-state index in [1.54, 1.807) is 7.11 Å². The maximum atomic E-state index is 5.19. The number of alkyl halides is 1. The van der Waals surface area contributed by atoms with Crippen LogP contribution in [0.15, 0.2) is 53.0 Å². The molecule has 1 unspecified atom stereocenters. The molecule has 0 aromatic heterocycles. The van der Waals surface area contributed by atoms with Gasteiger partial charge in [-0.15, -0.1) is 0 Å². The summed E-state index contributed by atoms with van der Waals surface area (Å²) in [6.07, 6.45) is 2.15. The molecule has 0 aliphatic carbocycles. The molecule has 20 heavy (non-hydrogen) atoms. The van der Waals surface area contributed by atoms with Crippen LogP contribution in [0.2, 0.25) is 0 Å². The molecule has 106 valence electrons. The van der Waals surface area contributed by atoms with Gasteiger partial charge >= 0.3 is 0 Å². The van der Waals surface area contributed by atoms with E-state index in [4.69, 9.17) is 4.74 Å². The Bertz CT molecular complexity index is 537. The van der Waals surface area contributed by atoms with E-state index in [-0.39, 0.29) is 0 Å². The highest BCUT2D eigenvalue weighted by atomic mass is 79.9. The van der Waals surface area contributed by atoms with Crippen LogP contribution in [0.3, 0.4) is 0 Å². The number of hydrogen-bond acceptors (Lipinski definition) is 1. The van der Waals surface area contributed by atoms with Gasteiger partial charge in [-0.2, -0.15) is 0 Å². The Morgan fingerprint density at radius 3 is 2.30 bits per heavy atom. The van der Waals surface area contributed by atoms with Gasteiger partial charge in [-0.1, -0.05) is 56.1 Å². The van der Waals surface area contributed by atoms with Crippen LogP contribution in [0.25, 0.3) is 0 Å². The standard InChI is InChI=1S/C17H18Br2O/c1-20-17-7-5-13(6-8-17)9-15(12-18)10-14-3-2-4-16(19)11-14/h2-8,11,15H,9-10,12H2,1H3. The van der Waals surface area contributed by atoms with Gasteiger partial charge in [0.1, 0.15) is 5.75 Å². The van der Waals surface area contributed by atoms with E-state index in [0.717, 1.165) is 28.4 Å². The van der Waals surface area contributed by atoms with E-state index in [1.165, 1.54) is 11.1 Å². The van der Waals surface area contributed by atoms with Gasteiger partial charge in [0, 0.05) is 9.80 Å². The maximum absolute atomic E-state index is 5.19. The molecule has 0 saturated carbocycles. The first-order chi connectivity index (χ1) is 9.71. The molecule has 1 nitrogen and oxygen atoms in total. The fourth-order valence-electron chi connectivity index (χ4n) is 2.27. The van der Waals surface area contributed by atoms with Crippen LogP contribution in [-0.2, 0) is 12.8 Å². The van der Waals surface area contributed by atoms with Crippen molar-refractivity contribution in [2.45, 2.75) is 12.8 Å². The zero-order valence-corrected chi connectivity index (χ0v) is 14.7. The molecule has 0 amide bonds. The minimum Gasteiger partial charge on any atom is -0.497 e. The topological polar surface area (TPSA) is 9.23 Å². The number of benzene rings is 2. The highest BCUT2D eigenvalue weighted by molar-refractivity contribution is 9.10. The summed E-state index contributed by atoms with van der Waals surface area (Å²) in [4.78, 5) is 0. The molecule has 0 bridgehead atoms. The summed E-state index contributed by atoms with van der Waals surface area (Å²) in [6, 6.07) is 16.9. The predicted octanol–water partition coefficient (Wildman–Crippen LogP) is 5.25. The van der Waals surface area contributed by atoms with Gasteiger partial charge in [0.2, 0.25) is 0 Å². The van der Waals surface area contributed by atoms with E-state index in [1.807, 2.05) is 12.1 Å². The van der Waals surface area contributed by atoms with Crippen LogP contribution in [0.5, 0.6) is 5.75 Å². The van der Waals surface area contributed by atoms with Crippen molar-refractivity contribution in [1.29, 1.82) is 0 Å². The second kappa shape index (κ2) is 7.84.